The van der Waals surface area contributed by atoms with Crippen LogP contribution in [0, 0.1) is 0 Å². The monoisotopic (exact) mass is 585 g/mol. The number of amides is 2. The van der Waals surface area contributed by atoms with Crippen molar-refractivity contribution >= 4 is 23.2 Å². The largest absolute Gasteiger partial charge is 0.483 e. The van der Waals surface area contributed by atoms with E-state index in [1.54, 1.807) is 24.3 Å². The average molecular weight is 586 g/mol. The first kappa shape index (κ1) is 29.4. The lowest BCUT2D eigenvalue weighted by molar-refractivity contribution is -0.138. The van der Waals surface area contributed by atoms with Crippen LogP contribution in [-0.2, 0) is 12.7 Å². The summed E-state index contributed by atoms with van der Waals surface area (Å²) < 4.78 is 53.4. The van der Waals surface area contributed by atoms with Gasteiger partial charge in [-0.1, -0.05) is 13.0 Å². The number of nitrogens with one attached hydrogen (secondary N) is 3. The van der Waals surface area contributed by atoms with Gasteiger partial charge in [-0.2, -0.15) is 18.2 Å². The lowest BCUT2D eigenvalue weighted by Crippen LogP contribution is -2.45. The number of carbonyl (C=O) groups is 1. The first-order valence-corrected chi connectivity index (χ1v) is 13.8. The molecule has 0 aliphatic carbocycles. The van der Waals surface area contributed by atoms with Crippen LogP contribution < -0.4 is 25.4 Å². The van der Waals surface area contributed by atoms with Gasteiger partial charge in [0.15, 0.2) is 5.82 Å². The molecule has 2 aliphatic heterocycles. The third kappa shape index (κ3) is 7.21. The van der Waals surface area contributed by atoms with E-state index in [2.05, 4.69) is 37.7 Å². The molecule has 0 bridgehead atoms. The van der Waals surface area contributed by atoms with Crippen LogP contribution in [0.25, 0.3) is 0 Å². The minimum Gasteiger partial charge on any atom is -0.483 e. The number of rotatable bonds is 7. The smallest absolute Gasteiger partial charge is 0.416 e. The number of hydrogen-bond acceptors (Lipinski definition) is 8. The molecule has 13 heteroatoms. The van der Waals surface area contributed by atoms with Gasteiger partial charge in [0.05, 0.1) is 11.1 Å². The zero-order valence-corrected chi connectivity index (χ0v) is 23.7. The van der Waals surface area contributed by atoms with Crippen molar-refractivity contribution in [3.63, 3.8) is 0 Å². The number of benzene rings is 2. The van der Waals surface area contributed by atoms with Gasteiger partial charge in [-0.25, -0.2) is 9.78 Å². The van der Waals surface area contributed by atoms with Crippen LogP contribution in [0.2, 0.25) is 0 Å². The van der Waals surface area contributed by atoms with Crippen molar-refractivity contribution in [3.05, 3.63) is 59.9 Å². The van der Waals surface area contributed by atoms with E-state index in [1.165, 1.54) is 18.5 Å². The summed E-state index contributed by atoms with van der Waals surface area (Å²) in [6.07, 6.45) is -3.18. The summed E-state index contributed by atoms with van der Waals surface area (Å²) in [5.41, 5.74) is -0.390. The second-order valence-corrected chi connectivity index (χ2v) is 10.9. The number of alkyl halides is 3. The Bertz CT molecular complexity index is 1410. The number of halogens is 3. The predicted octanol–water partition coefficient (Wildman–Crippen LogP) is 5.65. The van der Waals surface area contributed by atoms with Gasteiger partial charge in [-0.05, 0) is 62.4 Å². The molecule has 0 spiro atoms. The molecule has 1 saturated heterocycles. The Balaban J connectivity index is 1.20. The molecule has 2 amide bonds. The average Bonchev–Trinajstić information content (AvgIpc) is 2.94. The molecule has 42 heavy (non-hydrogen) atoms. The quantitative estimate of drug-likeness (QED) is 0.327. The summed E-state index contributed by atoms with van der Waals surface area (Å²) >= 11 is 0. The molecule has 5 rings (SSSR count). The molecule has 0 unspecified atom stereocenters. The van der Waals surface area contributed by atoms with Gasteiger partial charge in [0.2, 0.25) is 5.75 Å². The lowest BCUT2D eigenvalue weighted by Gasteiger charge is -2.34. The molecule has 0 saturated carbocycles. The van der Waals surface area contributed by atoms with Crippen LogP contribution in [-0.4, -0.2) is 70.7 Å². The van der Waals surface area contributed by atoms with Crippen molar-refractivity contribution in [3.8, 4) is 17.4 Å². The molecule has 0 radical (unpaired) electrons. The van der Waals surface area contributed by atoms with E-state index in [1.807, 2.05) is 18.7 Å². The number of urea groups is 1. The van der Waals surface area contributed by atoms with E-state index in [4.69, 9.17) is 9.47 Å². The van der Waals surface area contributed by atoms with Crippen LogP contribution >= 0.6 is 0 Å². The summed E-state index contributed by atoms with van der Waals surface area (Å²) in [4.78, 5) is 25.3. The van der Waals surface area contributed by atoms with Crippen molar-refractivity contribution < 1.29 is 27.4 Å². The standard InChI is InChI=1S/C29H34F3N7O3/c1-4-38-11-13-39(14-12-38)16-19-5-6-21(15-23(19)29(30,31)32)36-27(40)35-20-7-9-22(10-8-20)42-26-24-25(33-18-34-26)37-28(2,3)17-41-24/h5-10,15,18H,4,11-14,16-17H2,1-3H3,(H,33,34,37)(H2,35,36,40). The fourth-order valence-electron chi connectivity index (χ4n) is 4.83. The van der Waals surface area contributed by atoms with Crippen LogP contribution in [0.15, 0.2) is 48.8 Å². The Hall–Kier alpha value is -4.10. The number of aromatic nitrogens is 2. The van der Waals surface area contributed by atoms with Gasteiger partial charge >= 0.3 is 12.2 Å². The molecular formula is C29H34F3N7O3. The van der Waals surface area contributed by atoms with Gasteiger partial charge < -0.3 is 30.3 Å². The highest BCUT2D eigenvalue weighted by atomic mass is 19.4. The summed E-state index contributed by atoms with van der Waals surface area (Å²) in [5, 5.41) is 8.40. The van der Waals surface area contributed by atoms with E-state index in [9.17, 15) is 18.0 Å². The topological polar surface area (TPSA) is 104 Å². The molecule has 3 N–H and O–H groups in total. The zero-order chi connectivity index (χ0) is 29.9. The van der Waals surface area contributed by atoms with E-state index >= 15 is 0 Å². The van der Waals surface area contributed by atoms with Crippen LogP contribution in [0.4, 0.5) is 35.2 Å². The Labute approximate surface area is 242 Å². The van der Waals surface area contributed by atoms with Crippen molar-refractivity contribution in [1.29, 1.82) is 0 Å². The summed E-state index contributed by atoms with van der Waals surface area (Å²) in [6, 6.07) is 9.69. The molecule has 10 nitrogen and oxygen atoms in total. The Morgan fingerprint density at radius 2 is 1.69 bits per heavy atom. The first-order chi connectivity index (χ1) is 20.0. The maximum Gasteiger partial charge on any atom is 0.416 e. The molecule has 1 aromatic heterocycles. The third-order valence-electron chi connectivity index (χ3n) is 7.11. The number of likely N-dealkylation sites (N-methyl/N-ethyl adjacent to an activating group) is 1. The minimum atomic E-state index is -4.55. The highest BCUT2D eigenvalue weighted by Crippen LogP contribution is 2.39. The molecular weight excluding hydrogens is 551 g/mol. The maximum absolute atomic E-state index is 13.9. The number of anilines is 3. The second kappa shape index (κ2) is 12.0. The number of piperazine rings is 1. The fourth-order valence-corrected chi connectivity index (χ4v) is 4.83. The summed E-state index contributed by atoms with van der Waals surface area (Å²) in [5.74, 6) is 1.62. The van der Waals surface area contributed by atoms with Gasteiger partial charge in [-0.3, -0.25) is 4.90 Å². The number of fused-ring (bicyclic) bond motifs is 1. The van der Waals surface area contributed by atoms with Gasteiger partial charge in [0, 0.05) is 44.1 Å². The van der Waals surface area contributed by atoms with E-state index in [0.29, 0.717) is 42.7 Å². The van der Waals surface area contributed by atoms with Crippen LogP contribution in [0.3, 0.4) is 0 Å². The first-order valence-electron chi connectivity index (χ1n) is 13.8. The van der Waals surface area contributed by atoms with Crippen molar-refractivity contribution in [1.82, 2.24) is 19.8 Å². The molecule has 3 heterocycles. The Morgan fingerprint density at radius 3 is 2.38 bits per heavy atom. The van der Waals surface area contributed by atoms with E-state index < -0.39 is 17.8 Å². The molecule has 0 atom stereocenters. The lowest BCUT2D eigenvalue weighted by atomic mass is 10.0. The normalized spacial score (nSPS) is 17.0. The maximum atomic E-state index is 13.9. The fraction of sp³-hybridized carbons (Fsp3) is 0.414. The highest BCUT2D eigenvalue weighted by Gasteiger charge is 2.34. The van der Waals surface area contributed by atoms with Crippen LogP contribution in [0.1, 0.15) is 31.9 Å². The molecule has 1 fully saturated rings. The summed E-state index contributed by atoms with van der Waals surface area (Å²) in [7, 11) is 0. The summed E-state index contributed by atoms with van der Waals surface area (Å²) in [6.45, 7) is 10.7. The van der Waals surface area contributed by atoms with E-state index in [-0.39, 0.29) is 29.2 Å². The highest BCUT2D eigenvalue weighted by molar-refractivity contribution is 5.99. The van der Waals surface area contributed by atoms with Gasteiger partial charge in [0.1, 0.15) is 18.7 Å². The molecule has 3 aromatic rings. The van der Waals surface area contributed by atoms with Gasteiger partial charge in [-0.15, -0.1) is 0 Å². The van der Waals surface area contributed by atoms with Crippen molar-refractivity contribution in [2.75, 3.05) is 55.3 Å². The number of ether oxygens (including phenoxy) is 2. The third-order valence-corrected chi connectivity index (χ3v) is 7.11. The van der Waals surface area contributed by atoms with Crippen molar-refractivity contribution in [2.45, 2.75) is 39.0 Å². The second-order valence-electron chi connectivity index (χ2n) is 10.9. The SMILES string of the molecule is CCN1CCN(Cc2ccc(NC(=O)Nc3ccc(Oc4ncnc5c4OCC(C)(C)N5)cc3)cc2C(F)(F)F)CC1. The number of nitrogens with zero attached hydrogens (tertiary/aromatic N) is 4. The van der Waals surface area contributed by atoms with E-state index in [0.717, 1.165) is 25.7 Å². The Morgan fingerprint density at radius 1 is 1.02 bits per heavy atom. The molecule has 224 valence electrons. The minimum absolute atomic E-state index is 0.0460. The zero-order valence-electron chi connectivity index (χ0n) is 23.7. The van der Waals surface area contributed by atoms with Crippen molar-refractivity contribution in [2.24, 2.45) is 0 Å². The predicted molar refractivity (Wildman–Crippen MR) is 153 cm³/mol. The Kier molecular flexibility index (Phi) is 8.41. The molecule has 2 aliphatic rings. The molecule has 2 aromatic carbocycles. The number of carbonyl (C=O) groups excluding carboxylic acids is 1. The van der Waals surface area contributed by atoms with Gasteiger partial charge in [0.25, 0.3) is 5.88 Å². The van der Waals surface area contributed by atoms with Crippen LogP contribution in [0.5, 0.6) is 17.4 Å². The number of hydrogen-bond donors (Lipinski definition) is 3.